The van der Waals surface area contributed by atoms with Crippen LogP contribution in [0.15, 0.2) is 18.2 Å². The monoisotopic (exact) mass is 313 g/mol. The number of nitrogens with one attached hydrogen (secondary N) is 1. The van der Waals surface area contributed by atoms with Crippen LogP contribution in [0.25, 0.3) is 0 Å². The average Bonchev–Trinajstić information content (AvgIpc) is 3.05. The van der Waals surface area contributed by atoms with Crippen molar-refractivity contribution in [3.05, 3.63) is 29.3 Å². The molecule has 0 bridgehead atoms. The number of aryl methyl sites for hydroxylation is 1. The van der Waals surface area contributed by atoms with Crippen LogP contribution in [0.5, 0.6) is 0 Å². The van der Waals surface area contributed by atoms with E-state index in [0.29, 0.717) is 32.3 Å². The van der Waals surface area contributed by atoms with Crippen LogP contribution in [0.1, 0.15) is 35.2 Å². The maximum Gasteiger partial charge on any atom is 0.254 e. The van der Waals surface area contributed by atoms with Crippen molar-refractivity contribution in [1.29, 1.82) is 5.26 Å². The number of morpholine rings is 1. The molecular weight excluding hydrogens is 290 g/mol. The Kier molecular flexibility index (Phi) is 4.82. The summed E-state index contributed by atoms with van der Waals surface area (Å²) in [5.41, 5.74) is 2.85. The second-order valence-corrected chi connectivity index (χ2v) is 6.41. The van der Waals surface area contributed by atoms with Crippen LogP contribution in [0.4, 0.5) is 5.69 Å². The molecule has 5 heteroatoms. The van der Waals surface area contributed by atoms with E-state index >= 15 is 0 Å². The lowest BCUT2D eigenvalue weighted by molar-refractivity contribution is 0.0303. The number of nitriles is 1. The minimum atomic E-state index is 0.0673. The van der Waals surface area contributed by atoms with Crippen LogP contribution in [0.3, 0.4) is 0 Å². The molecule has 2 fully saturated rings. The highest BCUT2D eigenvalue weighted by Gasteiger charge is 2.25. The van der Waals surface area contributed by atoms with Crippen molar-refractivity contribution in [2.45, 2.75) is 32.2 Å². The highest BCUT2D eigenvalue weighted by molar-refractivity contribution is 5.95. The molecule has 122 valence electrons. The molecule has 2 aliphatic rings. The Morgan fingerprint density at radius 3 is 2.83 bits per heavy atom. The smallest absolute Gasteiger partial charge is 0.254 e. The quantitative estimate of drug-likeness (QED) is 0.931. The predicted octanol–water partition coefficient (Wildman–Crippen LogP) is 2.57. The summed E-state index contributed by atoms with van der Waals surface area (Å²) in [7, 11) is 0. The van der Waals surface area contributed by atoms with Crippen molar-refractivity contribution in [2.75, 3.05) is 31.6 Å². The van der Waals surface area contributed by atoms with Crippen molar-refractivity contribution >= 4 is 11.6 Å². The normalized spacial score (nSPS) is 24.3. The summed E-state index contributed by atoms with van der Waals surface area (Å²) >= 11 is 0. The van der Waals surface area contributed by atoms with E-state index in [2.05, 4.69) is 11.4 Å². The number of nitrogens with zero attached hydrogens (tertiary/aromatic N) is 2. The van der Waals surface area contributed by atoms with Crippen molar-refractivity contribution < 1.29 is 9.53 Å². The van der Waals surface area contributed by atoms with Crippen molar-refractivity contribution in [2.24, 2.45) is 5.92 Å². The van der Waals surface area contributed by atoms with E-state index in [0.717, 1.165) is 36.1 Å². The standard InChI is InChI=1S/C18H23N3O2/c1-13-2-4-15(18(22)21-6-8-23-9-7-21)11-17(13)20-16-5-3-14(10-16)12-19/h2,4,11,14,16,20H,3,5-10H2,1H3. The highest BCUT2D eigenvalue weighted by atomic mass is 16.5. The largest absolute Gasteiger partial charge is 0.382 e. The molecule has 1 N–H and O–H groups in total. The van der Waals surface area contributed by atoms with Crippen molar-refractivity contribution in [1.82, 2.24) is 4.90 Å². The van der Waals surface area contributed by atoms with Crippen LogP contribution >= 0.6 is 0 Å². The van der Waals surface area contributed by atoms with Crippen LogP contribution in [0, 0.1) is 24.2 Å². The van der Waals surface area contributed by atoms with Crippen LogP contribution in [0.2, 0.25) is 0 Å². The molecule has 5 nitrogen and oxygen atoms in total. The number of hydrogen-bond donors (Lipinski definition) is 1. The molecule has 1 saturated heterocycles. The maximum atomic E-state index is 12.6. The van der Waals surface area contributed by atoms with Gasteiger partial charge in [-0.2, -0.15) is 5.26 Å². The summed E-state index contributed by atoms with van der Waals surface area (Å²) in [6.45, 7) is 4.58. The number of carbonyl (C=O) groups is 1. The molecule has 0 spiro atoms. The first-order valence-electron chi connectivity index (χ1n) is 8.31. The second kappa shape index (κ2) is 7.01. The number of carbonyl (C=O) groups excluding carboxylic acids is 1. The van der Waals surface area contributed by atoms with E-state index < -0.39 is 0 Å². The molecule has 3 rings (SSSR count). The molecule has 1 aromatic rings. The van der Waals surface area contributed by atoms with Gasteiger partial charge in [-0.3, -0.25) is 4.79 Å². The predicted molar refractivity (Wildman–Crippen MR) is 88.3 cm³/mol. The van der Waals surface area contributed by atoms with Gasteiger partial charge >= 0.3 is 0 Å². The van der Waals surface area contributed by atoms with Gasteiger partial charge in [0, 0.05) is 36.3 Å². The topological polar surface area (TPSA) is 65.4 Å². The highest BCUT2D eigenvalue weighted by Crippen LogP contribution is 2.29. The third-order valence-electron chi connectivity index (χ3n) is 4.76. The SMILES string of the molecule is Cc1ccc(C(=O)N2CCOCC2)cc1NC1CCC(C#N)C1. The zero-order valence-corrected chi connectivity index (χ0v) is 13.5. The molecule has 0 aromatic heterocycles. The number of amides is 1. The Balaban J connectivity index is 1.71. The molecule has 1 saturated carbocycles. The summed E-state index contributed by atoms with van der Waals surface area (Å²) in [4.78, 5) is 14.4. The number of benzene rings is 1. The van der Waals surface area contributed by atoms with E-state index in [4.69, 9.17) is 10.00 Å². The molecule has 1 aliphatic heterocycles. The Morgan fingerprint density at radius 2 is 2.13 bits per heavy atom. The van der Waals surface area contributed by atoms with E-state index in [9.17, 15) is 4.79 Å². The van der Waals surface area contributed by atoms with Gasteiger partial charge in [-0.05, 0) is 43.9 Å². The molecule has 1 aliphatic carbocycles. The first-order valence-corrected chi connectivity index (χ1v) is 8.31. The number of ether oxygens (including phenoxy) is 1. The molecule has 0 radical (unpaired) electrons. The molecule has 1 aromatic carbocycles. The van der Waals surface area contributed by atoms with Gasteiger partial charge in [0.25, 0.3) is 5.91 Å². The van der Waals surface area contributed by atoms with Gasteiger partial charge in [0.1, 0.15) is 0 Å². The summed E-state index contributed by atoms with van der Waals surface area (Å²) in [5, 5.41) is 12.6. The van der Waals surface area contributed by atoms with Crippen LogP contribution in [-0.4, -0.2) is 43.2 Å². The number of anilines is 1. The summed E-state index contributed by atoms with van der Waals surface area (Å²) < 4.78 is 5.31. The van der Waals surface area contributed by atoms with Gasteiger partial charge in [0.05, 0.1) is 19.3 Å². The van der Waals surface area contributed by atoms with Gasteiger partial charge in [-0.15, -0.1) is 0 Å². The van der Waals surface area contributed by atoms with E-state index in [1.54, 1.807) is 0 Å². The molecule has 2 atom stereocenters. The lowest BCUT2D eigenvalue weighted by Crippen LogP contribution is -2.40. The fourth-order valence-electron chi connectivity index (χ4n) is 3.31. The zero-order chi connectivity index (χ0) is 16.2. The van der Waals surface area contributed by atoms with Crippen molar-refractivity contribution in [3.63, 3.8) is 0 Å². The Hall–Kier alpha value is -2.06. The van der Waals surface area contributed by atoms with Crippen LogP contribution in [-0.2, 0) is 4.74 Å². The van der Waals surface area contributed by atoms with Gasteiger partial charge in [0.15, 0.2) is 0 Å². The Morgan fingerprint density at radius 1 is 1.35 bits per heavy atom. The fourth-order valence-corrected chi connectivity index (χ4v) is 3.31. The summed E-state index contributed by atoms with van der Waals surface area (Å²) in [5.74, 6) is 0.226. The van der Waals surface area contributed by atoms with Gasteiger partial charge < -0.3 is 15.0 Å². The minimum Gasteiger partial charge on any atom is -0.382 e. The molecule has 23 heavy (non-hydrogen) atoms. The summed E-state index contributed by atoms with van der Waals surface area (Å²) in [6, 6.07) is 8.52. The Bertz CT molecular complexity index is 617. The first-order chi connectivity index (χ1) is 11.2. The lowest BCUT2D eigenvalue weighted by atomic mass is 10.1. The fraction of sp³-hybridized carbons (Fsp3) is 0.556. The number of hydrogen-bond acceptors (Lipinski definition) is 4. The molecule has 1 heterocycles. The van der Waals surface area contributed by atoms with E-state index in [1.165, 1.54) is 0 Å². The zero-order valence-electron chi connectivity index (χ0n) is 13.5. The van der Waals surface area contributed by atoms with Gasteiger partial charge in [0.2, 0.25) is 0 Å². The lowest BCUT2D eigenvalue weighted by Gasteiger charge is -2.27. The average molecular weight is 313 g/mol. The maximum absolute atomic E-state index is 12.6. The van der Waals surface area contributed by atoms with Crippen molar-refractivity contribution in [3.8, 4) is 6.07 Å². The number of rotatable bonds is 3. The van der Waals surface area contributed by atoms with Gasteiger partial charge in [-0.1, -0.05) is 6.07 Å². The third-order valence-corrected chi connectivity index (χ3v) is 4.76. The van der Waals surface area contributed by atoms with Gasteiger partial charge in [-0.25, -0.2) is 0 Å². The second-order valence-electron chi connectivity index (χ2n) is 6.41. The van der Waals surface area contributed by atoms with E-state index in [1.807, 2.05) is 30.0 Å². The van der Waals surface area contributed by atoms with E-state index in [-0.39, 0.29) is 11.8 Å². The minimum absolute atomic E-state index is 0.0673. The molecular formula is C18H23N3O2. The first kappa shape index (κ1) is 15.8. The molecule has 2 unspecified atom stereocenters. The summed E-state index contributed by atoms with van der Waals surface area (Å²) in [6.07, 6.45) is 2.86. The Labute approximate surface area is 137 Å². The van der Waals surface area contributed by atoms with Crippen LogP contribution < -0.4 is 5.32 Å². The third kappa shape index (κ3) is 3.65. The molecule has 1 amide bonds.